The van der Waals surface area contributed by atoms with E-state index in [0.29, 0.717) is 5.13 Å². The summed E-state index contributed by atoms with van der Waals surface area (Å²) in [6.45, 7) is 0. The summed E-state index contributed by atoms with van der Waals surface area (Å²) in [6.07, 6.45) is 0. The van der Waals surface area contributed by atoms with Crippen molar-refractivity contribution in [2.24, 2.45) is 0 Å². The average Bonchev–Trinajstić information content (AvgIpc) is 2.94. The Morgan fingerprint density at radius 2 is 2.10 bits per heavy atom. The third-order valence-corrected chi connectivity index (χ3v) is 4.93. The maximum atomic E-state index is 11.5. The van der Waals surface area contributed by atoms with E-state index in [2.05, 4.69) is 15.5 Å². The summed E-state index contributed by atoms with van der Waals surface area (Å²) in [5.41, 5.74) is 1.16. The quantitative estimate of drug-likeness (QED) is 0.691. The summed E-state index contributed by atoms with van der Waals surface area (Å²) < 4.78 is 0.825. The zero-order valence-corrected chi connectivity index (χ0v) is 13.3. The zero-order valence-electron chi connectivity index (χ0n) is 11.0. The maximum absolute atomic E-state index is 11.5. The number of hydrogen-bond acceptors (Lipinski definition) is 5. The fourth-order valence-corrected chi connectivity index (χ4v) is 3.26. The lowest BCUT2D eigenvalue weighted by Crippen LogP contribution is -2.34. The Hall–Kier alpha value is -1.31. The maximum Gasteiger partial charge on any atom is 0.323 e. The first kappa shape index (κ1) is 15.1. The van der Waals surface area contributed by atoms with Crippen LogP contribution >= 0.6 is 34.7 Å². The standard InChI is InChI=1S/C12H13ClN4OS2/c1-14-10(18)17(2)11-15-16-12(20-11)19-7-8-3-5-9(13)6-4-8/h3-6H,7H2,1-2H3,(H,14,18). The Bertz CT molecular complexity index is 587. The first-order valence-electron chi connectivity index (χ1n) is 5.76. The van der Waals surface area contributed by atoms with Gasteiger partial charge in [0, 0.05) is 24.9 Å². The lowest BCUT2D eigenvalue weighted by molar-refractivity contribution is 0.249. The Kier molecular flexibility index (Phi) is 5.22. The first-order valence-corrected chi connectivity index (χ1v) is 7.94. The molecule has 1 heterocycles. The van der Waals surface area contributed by atoms with Crippen LogP contribution in [-0.2, 0) is 5.75 Å². The number of rotatable bonds is 4. The number of halogens is 1. The monoisotopic (exact) mass is 328 g/mol. The third kappa shape index (κ3) is 3.84. The molecule has 0 aliphatic rings. The van der Waals surface area contributed by atoms with E-state index in [4.69, 9.17) is 11.6 Å². The van der Waals surface area contributed by atoms with Gasteiger partial charge in [-0.3, -0.25) is 4.90 Å². The van der Waals surface area contributed by atoms with E-state index in [1.165, 1.54) is 16.2 Å². The number of thioether (sulfide) groups is 1. The van der Waals surface area contributed by atoms with Crippen LogP contribution in [-0.4, -0.2) is 30.3 Å². The molecule has 1 aromatic carbocycles. The van der Waals surface area contributed by atoms with E-state index < -0.39 is 0 Å². The van der Waals surface area contributed by atoms with E-state index in [1.54, 1.807) is 25.9 Å². The van der Waals surface area contributed by atoms with Crippen molar-refractivity contribution in [3.63, 3.8) is 0 Å². The molecule has 1 N–H and O–H groups in total. The van der Waals surface area contributed by atoms with Gasteiger partial charge in [-0.2, -0.15) is 0 Å². The Morgan fingerprint density at radius 1 is 1.40 bits per heavy atom. The SMILES string of the molecule is CNC(=O)N(C)c1nnc(SCc2ccc(Cl)cc2)s1. The van der Waals surface area contributed by atoms with E-state index >= 15 is 0 Å². The van der Waals surface area contributed by atoms with Gasteiger partial charge >= 0.3 is 6.03 Å². The summed E-state index contributed by atoms with van der Waals surface area (Å²) in [5, 5.41) is 11.9. The van der Waals surface area contributed by atoms with Gasteiger partial charge in [-0.05, 0) is 17.7 Å². The van der Waals surface area contributed by atoms with Crippen LogP contribution < -0.4 is 10.2 Å². The van der Waals surface area contributed by atoms with Crippen molar-refractivity contribution in [2.75, 3.05) is 19.0 Å². The molecule has 5 nitrogen and oxygen atoms in total. The van der Waals surface area contributed by atoms with Gasteiger partial charge in [-0.25, -0.2) is 4.79 Å². The molecule has 0 fully saturated rings. The van der Waals surface area contributed by atoms with Gasteiger partial charge < -0.3 is 5.32 Å². The van der Waals surface area contributed by atoms with Crippen molar-refractivity contribution < 1.29 is 4.79 Å². The number of nitrogens with one attached hydrogen (secondary N) is 1. The lowest BCUT2D eigenvalue weighted by Gasteiger charge is -2.10. The van der Waals surface area contributed by atoms with Crippen LogP contribution in [0.4, 0.5) is 9.93 Å². The Labute approximate surface area is 130 Å². The number of benzene rings is 1. The van der Waals surface area contributed by atoms with Crippen molar-refractivity contribution in [1.82, 2.24) is 15.5 Å². The molecule has 8 heteroatoms. The van der Waals surface area contributed by atoms with Crippen LogP contribution in [0.3, 0.4) is 0 Å². The molecular formula is C12H13ClN4OS2. The molecule has 2 amide bonds. The highest BCUT2D eigenvalue weighted by atomic mass is 35.5. The highest BCUT2D eigenvalue weighted by Gasteiger charge is 2.14. The highest BCUT2D eigenvalue weighted by molar-refractivity contribution is 8.00. The number of anilines is 1. The van der Waals surface area contributed by atoms with E-state index in [1.807, 2.05) is 24.3 Å². The second kappa shape index (κ2) is 6.92. The summed E-state index contributed by atoms with van der Waals surface area (Å²) >= 11 is 8.81. The number of carbonyl (C=O) groups excluding carboxylic acids is 1. The Morgan fingerprint density at radius 3 is 2.75 bits per heavy atom. The van der Waals surface area contributed by atoms with Gasteiger partial charge in [0.15, 0.2) is 4.34 Å². The van der Waals surface area contributed by atoms with E-state index in [9.17, 15) is 4.79 Å². The molecule has 0 atom stereocenters. The molecule has 0 saturated carbocycles. The molecular weight excluding hydrogens is 316 g/mol. The van der Waals surface area contributed by atoms with Gasteiger partial charge in [-0.1, -0.05) is 46.8 Å². The van der Waals surface area contributed by atoms with Crippen LogP contribution in [0.1, 0.15) is 5.56 Å². The number of nitrogens with zero attached hydrogens (tertiary/aromatic N) is 3. The fourth-order valence-electron chi connectivity index (χ4n) is 1.38. The van der Waals surface area contributed by atoms with E-state index in [0.717, 1.165) is 20.7 Å². The van der Waals surface area contributed by atoms with Gasteiger partial charge in [-0.15, -0.1) is 10.2 Å². The average molecular weight is 329 g/mol. The van der Waals surface area contributed by atoms with Crippen molar-refractivity contribution in [3.05, 3.63) is 34.9 Å². The highest BCUT2D eigenvalue weighted by Crippen LogP contribution is 2.30. The summed E-state index contributed by atoms with van der Waals surface area (Å²) in [4.78, 5) is 12.9. The molecule has 0 aliphatic carbocycles. The second-order valence-electron chi connectivity index (χ2n) is 3.88. The minimum atomic E-state index is -0.213. The summed E-state index contributed by atoms with van der Waals surface area (Å²) in [5.74, 6) is 0.787. The van der Waals surface area contributed by atoms with Crippen LogP contribution in [0.2, 0.25) is 5.02 Å². The van der Waals surface area contributed by atoms with E-state index in [-0.39, 0.29) is 6.03 Å². The number of hydrogen-bond donors (Lipinski definition) is 1. The second-order valence-corrected chi connectivity index (χ2v) is 6.49. The Balaban J connectivity index is 1.96. The van der Waals surface area contributed by atoms with Gasteiger partial charge in [0.2, 0.25) is 5.13 Å². The number of urea groups is 1. The van der Waals surface area contributed by atoms with Gasteiger partial charge in [0.05, 0.1) is 0 Å². The zero-order chi connectivity index (χ0) is 14.5. The number of aromatic nitrogens is 2. The van der Waals surface area contributed by atoms with Crippen LogP contribution in [0, 0.1) is 0 Å². The molecule has 0 unspecified atom stereocenters. The smallest absolute Gasteiger partial charge is 0.323 e. The van der Waals surface area contributed by atoms with Crippen molar-refractivity contribution in [1.29, 1.82) is 0 Å². The molecule has 0 saturated heterocycles. The van der Waals surface area contributed by atoms with Crippen LogP contribution in [0.5, 0.6) is 0 Å². The summed E-state index contributed by atoms with van der Waals surface area (Å²) in [6, 6.07) is 7.47. The third-order valence-electron chi connectivity index (χ3n) is 2.48. The molecule has 0 aliphatic heterocycles. The van der Waals surface area contributed by atoms with Crippen molar-refractivity contribution in [2.45, 2.75) is 10.1 Å². The first-order chi connectivity index (χ1) is 9.60. The minimum Gasteiger partial charge on any atom is -0.341 e. The van der Waals surface area contributed by atoms with Gasteiger partial charge in [0.25, 0.3) is 0 Å². The predicted molar refractivity (Wildman–Crippen MR) is 83.8 cm³/mol. The lowest BCUT2D eigenvalue weighted by atomic mass is 10.2. The molecule has 2 rings (SSSR count). The molecule has 106 valence electrons. The van der Waals surface area contributed by atoms with Crippen molar-refractivity contribution >= 4 is 45.9 Å². The minimum absolute atomic E-state index is 0.213. The molecule has 0 spiro atoms. The molecule has 0 bridgehead atoms. The number of carbonyl (C=O) groups is 1. The van der Waals surface area contributed by atoms with Crippen LogP contribution in [0.25, 0.3) is 0 Å². The largest absolute Gasteiger partial charge is 0.341 e. The fraction of sp³-hybridized carbons (Fsp3) is 0.250. The van der Waals surface area contributed by atoms with Crippen LogP contribution in [0.15, 0.2) is 28.6 Å². The molecule has 1 aromatic heterocycles. The summed E-state index contributed by atoms with van der Waals surface area (Å²) in [7, 11) is 3.24. The molecule has 2 aromatic rings. The normalized spacial score (nSPS) is 10.3. The molecule has 0 radical (unpaired) electrons. The number of amides is 2. The van der Waals surface area contributed by atoms with Crippen molar-refractivity contribution in [3.8, 4) is 0 Å². The predicted octanol–water partition coefficient (Wildman–Crippen LogP) is 3.26. The molecule has 20 heavy (non-hydrogen) atoms. The van der Waals surface area contributed by atoms with Gasteiger partial charge in [0.1, 0.15) is 0 Å². The topological polar surface area (TPSA) is 58.1 Å².